The Morgan fingerprint density at radius 1 is 1.21 bits per heavy atom. The first-order chi connectivity index (χ1) is 11.3. The SMILES string of the molecule is Cl.O=C(Nc1cccc(CSc2ccccn2)c1)C1CCNCC1. The van der Waals surface area contributed by atoms with Gasteiger partial charge in [-0.2, -0.15) is 0 Å². The smallest absolute Gasteiger partial charge is 0.227 e. The summed E-state index contributed by atoms with van der Waals surface area (Å²) in [4.78, 5) is 16.6. The van der Waals surface area contributed by atoms with Gasteiger partial charge in [-0.25, -0.2) is 4.98 Å². The third kappa shape index (κ3) is 5.51. The maximum absolute atomic E-state index is 12.3. The number of thioether (sulfide) groups is 1. The van der Waals surface area contributed by atoms with E-state index in [0.717, 1.165) is 42.4 Å². The Bertz CT molecular complexity index is 648. The van der Waals surface area contributed by atoms with Crippen molar-refractivity contribution < 1.29 is 4.79 Å². The lowest BCUT2D eigenvalue weighted by molar-refractivity contribution is -0.120. The number of nitrogens with zero attached hydrogens (tertiary/aromatic N) is 1. The molecule has 0 radical (unpaired) electrons. The highest BCUT2D eigenvalue weighted by atomic mass is 35.5. The third-order valence-corrected chi connectivity index (χ3v) is 4.94. The molecule has 0 bridgehead atoms. The van der Waals surface area contributed by atoms with E-state index in [-0.39, 0.29) is 24.2 Å². The number of carbonyl (C=O) groups excluding carboxylic acids is 1. The minimum absolute atomic E-state index is 0. The zero-order chi connectivity index (χ0) is 15.9. The fourth-order valence-corrected chi connectivity index (χ4v) is 3.46. The van der Waals surface area contributed by atoms with E-state index in [1.807, 2.05) is 30.3 Å². The number of benzene rings is 1. The van der Waals surface area contributed by atoms with Crippen molar-refractivity contribution in [3.8, 4) is 0 Å². The molecule has 1 aromatic heterocycles. The summed E-state index contributed by atoms with van der Waals surface area (Å²) in [5.74, 6) is 1.11. The van der Waals surface area contributed by atoms with Gasteiger partial charge in [0.15, 0.2) is 0 Å². The standard InChI is InChI=1S/C18H21N3OS.ClH/c22-18(15-7-10-19-11-8-15)21-16-5-3-4-14(12-16)13-23-17-6-1-2-9-20-17;/h1-6,9,12,15,19H,7-8,10-11,13H2,(H,21,22);1H. The number of pyridine rings is 1. The van der Waals surface area contributed by atoms with Gasteiger partial charge in [-0.05, 0) is 55.8 Å². The molecule has 24 heavy (non-hydrogen) atoms. The zero-order valence-electron chi connectivity index (χ0n) is 13.4. The summed E-state index contributed by atoms with van der Waals surface area (Å²) in [6, 6.07) is 14.0. The molecule has 3 rings (SSSR count). The summed E-state index contributed by atoms with van der Waals surface area (Å²) >= 11 is 1.70. The number of anilines is 1. The number of halogens is 1. The molecular formula is C18H22ClN3OS. The summed E-state index contributed by atoms with van der Waals surface area (Å²) in [6.45, 7) is 1.86. The maximum atomic E-state index is 12.3. The molecule has 6 heteroatoms. The average Bonchev–Trinajstić information content (AvgIpc) is 2.62. The van der Waals surface area contributed by atoms with Crippen LogP contribution in [0.1, 0.15) is 18.4 Å². The molecule has 1 aromatic carbocycles. The molecule has 0 spiro atoms. The predicted molar refractivity (Wildman–Crippen MR) is 102 cm³/mol. The summed E-state index contributed by atoms with van der Waals surface area (Å²) in [7, 11) is 0. The van der Waals surface area contributed by atoms with Crippen molar-refractivity contribution >= 4 is 35.8 Å². The molecule has 1 aliphatic rings. The molecule has 2 N–H and O–H groups in total. The van der Waals surface area contributed by atoms with E-state index in [0.29, 0.717) is 0 Å². The van der Waals surface area contributed by atoms with Crippen LogP contribution >= 0.6 is 24.2 Å². The summed E-state index contributed by atoms with van der Waals surface area (Å²) in [6.07, 6.45) is 3.64. The number of hydrogen-bond acceptors (Lipinski definition) is 4. The van der Waals surface area contributed by atoms with Gasteiger partial charge in [-0.3, -0.25) is 4.79 Å². The molecule has 2 heterocycles. The highest BCUT2D eigenvalue weighted by molar-refractivity contribution is 7.98. The Labute approximate surface area is 153 Å². The molecule has 0 saturated carbocycles. The second-order valence-electron chi connectivity index (χ2n) is 5.67. The van der Waals surface area contributed by atoms with Gasteiger partial charge < -0.3 is 10.6 Å². The normalized spacial score (nSPS) is 14.7. The lowest BCUT2D eigenvalue weighted by Gasteiger charge is -2.21. The Kier molecular flexibility index (Phi) is 7.56. The van der Waals surface area contributed by atoms with Crippen molar-refractivity contribution in [1.82, 2.24) is 10.3 Å². The van der Waals surface area contributed by atoms with E-state index in [1.54, 1.807) is 18.0 Å². The first-order valence-corrected chi connectivity index (χ1v) is 8.94. The Balaban J connectivity index is 0.00000208. The Morgan fingerprint density at radius 2 is 2.04 bits per heavy atom. The van der Waals surface area contributed by atoms with E-state index < -0.39 is 0 Å². The van der Waals surface area contributed by atoms with E-state index in [4.69, 9.17) is 0 Å². The molecule has 1 aliphatic heterocycles. The third-order valence-electron chi connectivity index (χ3n) is 3.93. The maximum Gasteiger partial charge on any atom is 0.227 e. The summed E-state index contributed by atoms with van der Waals surface area (Å²) in [5, 5.41) is 7.36. The van der Waals surface area contributed by atoms with Gasteiger partial charge in [0, 0.05) is 23.6 Å². The molecule has 0 aliphatic carbocycles. The topological polar surface area (TPSA) is 54.0 Å². The minimum Gasteiger partial charge on any atom is -0.326 e. The van der Waals surface area contributed by atoms with Crippen molar-refractivity contribution in [2.75, 3.05) is 18.4 Å². The van der Waals surface area contributed by atoms with Gasteiger partial charge in [0.05, 0.1) is 5.03 Å². The number of aromatic nitrogens is 1. The van der Waals surface area contributed by atoms with Gasteiger partial charge in [0.25, 0.3) is 0 Å². The second-order valence-corrected chi connectivity index (χ2v) is 6.67. The van der Waals surface area contributed by atoms with Crippen molar-refractivity contribution in [2.45, 2.75) is 23.6 Å². The van der Waals surface area contributed by atoms with Crippen molar-refractivity contribution in [3.63, 3.8) is 0 Å². The number of nitrogens with one attached hydrogen (secondary N) is 2. The second kappa shape index (κ2) is 9.67. The number of carbonyl (C=O) groups is 1. The highest BCUT2D eigenvalue weighted by Gasteiger charge is 2.20. The van der Waals surface area contributed by atoms with Crippen molar-refractivity contribution in [2.24, 2.45) is 5.92 Å². The van der Waals surface area contributed by atoms with Gasteiger partial charge >= 0.3 is 0 Å². The van der Waals surface area contributed by atoms with Crippen LogP contribution in [0.15, 0.2) is 53.7 Å². The van der Waals surface area contributed by atoms with Crippen LogP contribution < -0.4 is 10.6 Å². The molecule has 128 valence electrons. The largest absolute Gasteiger partial charge is 0.326 e. The van der Waals surface area contributed by atoms with Crippen LogP contribution in [0.4, 0.5) is 5.69 Å². The average molecular weight is 364 g/mol. The van der Waals surface area contributed by atoms with E-state index in [1.165, 1.54) is 5.56 Å². The number of piperidine rings is 1. The van der Waals surface area contributed by atoms with Gasteiger partial charge in [-0.15, -0.1) is 24.2 Å². The molecule has 4 nitrogen and oxygen atoms in total. The molecule has 1 fully saturated rings. The van der Waals surface area contributed by atoms with Crippen LogP contribution in [0, 0.1) is 5.92 Å². The quantitative estimate of drug-likeness (QED) is 0.795. The first-order valence-electron chi connectivity index (χ1n) is 7.95. The van der Waals surface area contributed by atoms with Crippen LogP contribution in [0.3, 0.4) is 0 Å². The van der Waals surface area contributed by atoms with Crippen LogP contribution in [0.5, 0.6) is 0 Å². The van der Waals surface area contributed by atoms with Crippen LogP contribution in [-0.2, 0) is 10.5 Å². The van der Waals surface area contributed by atoms with E-state index >= 15 is 0 Å². The van der Waals surface area contributed by atoms with Crippen LogP contribution in [0.2, 0.25) is 0 Å². The van der Waals surface area contributed by atoms with Gasteiger partial charge in [0.2, 0.25) is 5.91 Å². The van der Waals surface area contributed by atoms with Gasteiger partial charge in [0.1, 0.15) is 0 Å². The van der Waals surface area contributed by atoms with E-state index in [2.05, 4.69) is 27.8 Å². The number of amides is 1. The van der Waals surface area contributed by atoms with Crippen LogP contribution in [0.25, 0.3) is 0 Å². The van der Waals surface area contributed by atoms with Crippen LogP contribution in [-0.4, -0.2) is 24.0 Å². The Morgan fingerprint density at radius 3 is 2.79 bits per heavy atom. The van der Waals surface area contributed by atoms with Crippen molar-refractivity contribution in [3.05, 3.63) is 54.2 Å². The fourth-order valence-electron chi connectivity index (χ4n) is 2.66. The fraction of sp³-hybridized carbons (Fsp3) is 0.333. The summed E-state index contributed by atoms with van der Waals surface area (Å²) < 4.78 is 0. The minimum atomic E-state index is 0. The Hall–Kier alpha value is -1.56. The lowest BCUT2D eigenvalue weighted by atomic mass is 9.97. The molecular weight excluding hydrogens is 342 g/mol. The molecule has 1 amide bonds. The zero-order valence-corrected chi connectivity index (χ0v) is 15.0. The monoisotopic (exact) mass is 363 g/mol. The summed E-state index contributed by atoms with van der Waals surface area (Å²) in [5.41, 5.74) is 2.07. The highest BCUT2D eigenvalue weighted by Crippen LogP contribution is 2.22. The van der Waals surface area contributed by atoms with Crippen molar-refractivity contribution in [1.29, 1.82) is 0 Å². The molecule has 1 saturated heterocycles. The predicted octanol–water partition coefficient (Wildman–Crippen LogP) is 3.73. The molecule has 0 atom stereocenters. The molecule has 2 aromatic rings. The molecule has 0 unspecified atom stereocenters. The number of rotatable bonds is 5. The lowest BCUT2D eigenvalue weighted by Crippen LogP contribution is -2.34. The van der Waals surface area contributed by atoms with Gasteiger partial charge in [-0.1, -0.05) is 18.2 Å². The first kappa shape index (κ1) is 18.8. The van der Waals surface area contributed by atoms with E-state index in [9.17, 15) is 4.79 Å². The number of hydrogen-bond donors (Lipinski definition) is 2.